The van der Waals surface area contributed by atoms with E-state index in [0.717, 1.165) is 18.9 Å². The summed E-state index contributed by atoms with van der Waals surface area (Å²) in [6.45, 7) is 3.98. The van der Waals surface area contributed by atoms with E-state index in [1.165, 1.54) is 12.1 Å². The van der Waals surface area contributed by atoms with Gasteiger partial charge in [0.2, 0.25) is 10.0 Å². The smallest absolute Gasteiger partial charge is 0.211 e. The van der Waals surface area contributed by atoms with E-state index >= 15 is 0 Å². The van der Waals surface area contributed by atoms with Crippen molar-refractivity contribution < 1.29 is 12.8 Å². The van der Waals surface area contributed by atoms with Gasteiger partial charge in [-0.2, -0.15) is 0 Å². The molecule has 0 heterocycles. The molecule has 1 rings (SSSR count). The molecule has 0 saturated heterocycles. The summed E-state index contributed by atoms with van der Waals surface area (Å²) in [6.07, 6.45) is 1.71. The fourth-order valence-electron chi connectivity index (χ4n) is 1.38. The first-order valence-electron chi connectivity index (χ1n) is 5.23. The van der Waals surface area contributed by atoms with E-state index in [1.54, 1.807) is 6.92 Å². The van der Waals surface area contributed by atoms with Gasteiger partial charge in [0.25, 0.3) is 0 Å². The summed E-state index contributed by atoms with van der Waals surface area (Å²) in [5.74, 6) is -0.426. The maximum atomic E-state index is 12.8. The van der Waals surface area contributed by atoms with Gasteiger partial charge in [-0.15, -0.1) is 0 Å². The van der Waals surface area contributed by atoms with Crippen molar-refractivity contribution in [1.29, 1.82) is 0 Å². The highest BCUT2D eigenvalue weighted by molar-refractivity contribution is 7.89. The Morgan fingerprint density at radius 2 is 2.06 bits per heavy atom. The Labute approximate surface area is 95.7 Å². The van der Waals surface area contributed by atoms with Crippen LogP contribution in [0.4, 0.5) is 4.39 Å². The van der Waals surface area contributed by atoms with Gasteiger partial charge < -0.3 is 0 Å². The third-order valence-electron chi connectivity index (χ3n) is 2.25. The van der Waals surface area contributed by atoms with Gasteiger partial charge in [0, 0.05) is 6.54 Å². The molecule has 3 nitrogen and oxygen atoms in total. The van der Waals surface area contributed by atoms with E-state index in [9.17, 15) is 12.8 Å². The molecule has 0 aliphatic rings. The van der Waals surface area contributed by atoms with E-state index < -0.39 is 15.8 Å². The average Bonchev–Trinajstić information content (AvgIpc) is 2.17. The van der Waals surface area contributed by atoms with Crippen LogP contribution in [-0.2, 0) is 10.0 Å². The highest BCUT2D eigenvalue weighted by atomic mass is 32.2. The quantitative estimate of drug-likeness (QED) is 0.808. The Balaban J connectivity index is 2.90. The fourth-order valence-corrected chi connectivity index (χ4v) is 2.67. The third-order valence-corrected chi connectivity index (χ3v) is 3.87. The Morgan fingerprint density at radius 1 is 1.38 bits per heavy atom. The topological polar surface area (TPSA) is 46.2 Å². The highest BCUT2D eigenvalue weighted by Crippen LogP contribution is 2.15. The van der Waals surface area contributed by atoms with Crippen LogP contribution >= 0.6 is 0 Å². The molecule has 0 radical (unpaired) electrons. The minimum Gasteiger partial charge on any atom is -0.211 e. The maximum absolute atomic E-state index is 12.8. The summed E-state index contributed by atoms with van der Waals surface area (Å²) in [5, 5.41) is 0. The third kappa shape index (κ3) is 3.28. The number of sulfonamides is 1. The van der Waals surface area contributed by atoms with Crippen LogP contribution in [0.15, 0.2) is 23.1 Å². The van der Waals surface area contributed by atoms with E-state index in [2.05, 4.69) is 4.72 Å². The molecule has 5 heteroatoms. The zero-order valence-electron chi connectivity index (χ0n) is 9.46. The second kappa shape index (κ2) is 5.41. The fraction of sp³-hybridized carbons (Fsp3) is 0.455. The molecule has 0 amide bonds. The molecule has 1 aromatic carbocycles. The van der Waals surface area contributed by atoms with E-state index in [0.29, 0.717) is 12.1 Å². The molecule has 0 aliphatic carbocycles. The number of halogens is 1. The Kier molecular flexibility index (Phi) is 4.44. The van der Waals surface area contributed by atoms with Crippen molar-refractivity contribution >= 4 is 10.0 Å². The summed E-state index contributed by atoms with van der Waals surface area (Å²) in [5.41, 5.74) is 0.420. The molecule has 16 heavy (non-hydrogen) atoms. The number of unbranched alkanes of at least 4 members (excludes halogenated alkanes) is 1. The summed E-state index contributed by atoms with van der Waals surface area (Å²) in [4.78, 5) is 0.144. The van der Waals surface area contributed by atoms with E-state index in [-0.39, 0.29) is 4.90 Å². The van der Waals surface area contributed by atoms with E-state index in [4.69, 9.17) is 0 Å². The van der Waals surface area contributed by atoms with Crippen LogP contribution < -0.4 is 4.72 Å². The lowest BCUT2D eigenvalue weighted by molar-refractivity contribution is 0.576. The summed E-state index contributed by atoms with van der Waals surface area (Å²) < 4.78 is 38.9. The number of rotatable bonds is 5. The van der Waals surface area contributed by atoms with Crippen LogP contribution in [-0.4, -0.2) is 15.0 Å². The monoisotopic (exact) mass is 245 g/mol. The van der Waals surface area contributed by atoms with Crippen molar-refractivity contribution in [2.24, 2.45) is 0 Å². The van der Waals surface area contributed by atoms with Crippen LogP contribution in [0, 0.1) is 12.7 Å². The standard InChI is InChI=1S/C11H16FNO2S/c1-3-4-7-13-16(14,15)11-6-5-10(12)8-9(11)2/h5-6,8,13H,3-4,7H2,1-2H3. The largest absolute Gasteiger partial charge is 0.240 e. The zero-order chi connectivity index (χ0) is 12.2. The minimum absolute atomic E-state index is 0.144. The predicted molar refractivity (Wildman–Crippen MR) is 61.2 cm³/mol. The molecule has 0 bridgehead atoms. The van der Waals surface area contributed by atoms with Gasteiger partial charge in [0.15, 0.2) is 0 Å². The first kappa shape index (κ1) is 13.1. The average molecular weight is 245 g/mol. The maximum Gasteiger partial charge on any atom is 0.240 e. The van der Waals surface area contributed by atoms with Crippen LogP contribution in [0.25, 0.3) is 0 Å². The second-order valence-corrected chi connectivity index (χ2v) is 5.40. The Morgan fingerprint density at radius 3 is 2.62 bits per heavy atom. The molecule has 0 unspecified atom stereocenters. The van der Waals surface area contributed by atoms with Gasteiger partial charge in [0.1, 0.15) is 5.82 Å². The first-order valence-corrected chi connectivity index (χ1v) is 6.71. The molecule has 1 aromatic rings. The van der Waals surface area contributed by atoms with Gasteiger partial charge in [0.05, 0.1) is 4.90 Å². The lowest BCUT2D eigenvalue weighted by Crippen LogP contribution is -2.25. The number of hydrogen-bond acceptors (Lipinski definition) is 2. The van der Waals surface area contributed by atoms with Crippen LogP contribution in [0.5, 0.6) is 0 Å². The molecule has 0 fully saturated rings. The van der Waals surface area contributed by atoms with Gasteiger partial charge >= 0.3 is 0 Å². The number of benzene rings is 1. The molecule has 0 aliphatic heterocycles. The van der Waals surface area contributed by atoms with Crippen LogP contribution in [0.2, 0.25) is 0 Å². The van der Waals surface area contributed by atoms with Gasteiger partial charge in [-0.05, 0) is 37.1 Å². The lowest BCUT2D eigenvalue weighted by atomic mass is 10.2. The van der Waals surface area contributed by atoms with Crippen molar-refractivity contribution in [2.75, 3.05) is 6.54 Å². The van der Waals surface area contributed by atoms with Gasteiger partial charge in [-0.3, -0.25) is 0 Å². The van der Waals surface area contributed by atoms with Crippen molar-refractivity contribution in [3.05, 3.63) is 29.6 Å². The number of hydrogen-bond donors (Lipinski definition) is 1. The molecular weight excluding hydrogens is 229 g/mol. The minimum atomic E-state index is -3.50. The Hall–Kier alpha value is -0.940. The molecule has 90 valence electrons. The summed E-state index contributed by atoms with van der Waals surface area (Å²) in [6, 6.07) is 3.66. The second-order valence-electron chi connectivity index (χ2n) is 3.66. The van der Waals surface area contributed by atoms with Crippen molar-refractivity contribution in [3.8, 4) is 0 Å². The number of aryl methyl sites for hydroxylation is 1. The normalized spacial score (nSPS) is 11.7. The molecule has 0 aromatic heterocycles. The highest BCUT2D eigenvalue weighted by Gasteiger charge is 2.15. The Bertz CT molecular complexity index is 457. The summed E-state index contributed by atoms with van der Waals surface area (Å²) >= 11 is 0. The molecular formula is C11H16FNO2S. The SMILES string of the molecule is CCCCNS(=O)(=O)c1ccc(F)cc1C. The van der Waals surface area contributed by atoms with Crippen molar-refractivity contribution in [1.82, 2.24) is 4.72 Å². The van der Waals surface area contributed by atoms with E-state index in [1.807, 2.05) is 6.92 Å². The molecule has 0 spiro atoms. The zero-order valence-corrected chi connectivity index (χ0v) is 10.3. The summed E-state index contributed by atoms with van der Waals surface area (Å²) in [7, 11) is -3.50. The van der Waals surface area contributed by atoms with Crippen molar-refractivity contribution in [2.45, 2.75) is 31.6 Å². The lowest BCUT2D eigenvalue weighted by Gasteiger charge is -2.08. The van der Waals surface area contributed by atoms with Gasteiger partial charge in [-0.25, -0.2) is 17.5 Å². The first-order chi connectivity index (χ1) is 7.47. The number of nitrogens with one attached hydrogen (secondary N) is 1. The van der Waals surface area contributed by atoms with Crippen LogP contribution in [0.1, 0.15) is 25.3 Å². The molecule has 0 saturated carbocycles. The molecule has 1 N–H and O–H groups in total. The molecule has 0 atom stereocenters. The van der Waals surface area contributed by atoms with Crippen molar-refractivity contribution in [3.63, 3.8) is 0 Å². The van der Waals surface area contributed by atoms with Gasteiger partial charge in [-0.1, -0.05) is 13.3 Å². The van der Waals surface area contributed by atoms with Crippen LogP contribution in [0.3, 0.4) is 0 Å². The predicted octanol–water partition coefficient (Wildman–Crippen LogP) is 2.21.